The maximum atomic E-state index is 13.0. The van der Waals surface area contributed by atoms with Gasteiger partial charge in [0.05, 0.1) is 5.56 Å². The fourth-order valence-electron chi connectivity index (χ4n) is 2.20. The molecule has 0 amide bonds. The fraction of sp³-hybridized carbons (Fsp3) is 0.333. The molecule has 0 fully saturated rings. The van der Waals surface area contributed by atoms with E-state index in [4.69, 9.17) is 0 Å². The van der Waals surface area contributed by atoms with Crippen molar-refractivity contribution >= 4 is 27.3 Å². The predicted octanol–water partition coefficient (Wildman–Crippen LogP) is 5.42. The van der Waals surface area contributed by atoms with E-state index < -0.39 is 11.7 Å². The Morgan fingerprint density at radius 1 is 1.29 bits per heavy atom. The summed E-state index contributed by atoms with van der Waals surface area (Å²) < 4.78 is 38.9. The molecule has 6 heteroatoms. The van der Waals surface area contributed by atoms with Gasteiger partial charge in [0.1, 0.15) is 0 Å². The molecular formula is C15H15BrF3NS. The molecule has 0 aliphatic rings. The van der Waals surface area contributed by atoms with E-state index in [2.05, 4.69) is 26.6 Å². The Balaban J connectivity index is 2.18. The Hall–Kier alpha value is -0.850. The Morgan fingerprint density at radius 2 is 2.05 bits per heavy atom. The summed E-state index contributed by atoms with van der Waals surface area (Å²) in [4.78, 5) is 0. The lowest BCUT2D eigenvalue weighted by molar-refractivity contribution is -0.138. The highest BCUT2D eigenvalue weighted by atomic mass is 79.9. The van der Waals surface area contributed by atoms with Gasteiger partial charge in [-0.1, -0.05) is 22.0 Å². The predicted molar refractivity (Wildman–Crippen MR) is 83.6 cm³/mol. The molecular weight excluding hydrogens is 363 g/mol. The molecule has 21 heavy (non-hydrogen) atoms. The summed E-state index contributed by atoms with van der Waals surface area (Å²) in [6, 6.07) is 6.36. The Bertz CT molecular complexity index is 581. The van der Waals surface area contributed by atoms with Crippen LogP contribution in [0.3, 0.4) is 0 Å². The molecule has 0 bridgehead atoms. The van der Waals surface area contributed by atoms with Crippen LogP contribution in [-0.2, 0) is 12.6 Å². The van der Waals surface area contributed by atoms with Crippen molar-refractivity contribution in [3.05, 3.63) is 56.2 Å². The molecule has 0 spiro atoms. The van der Waals surface area contributed by atoms with E-state index >= 15 is 0 Å². The van der Waals surface area contributed by atoms with Gasteiger partial charge in [-0.25, -0.2) is 0 Å². The highest BCUT2D eigenvalue weighted by molar-refractivity contribution is 9.10. The van der Waals surface area contributed by atoms with Crippen molar-refractivity contribution in [2.75, 3.05) is 7.05 Å². The molecule has 1 heterocycles. The fourth-order valence-corrected chi connectivity index (χ4v) is 3.38. The van der Waals surface area contributed by atoms with E-state index in [1.54, 1.807) is 24.5 Å². The minimum Gasteiger partial charge on any atom is -0.313 e. The van der Waals surface area contributed by atoms with Gasteiger partial charge in [0, 0.05) is 10.5 Å². The minimum atomic E-state index is -4.35. The van der Waals surface area contributed by atoms with Crippen LogP contribution in [0.4, 0.5) is 13.2 Å². The van der Waals surface area contributed by atoms with Gasteiger partial charge in [0.2, 0.25) is 0 Å². The quantitative estimate of drug-likeness (QED) is 0.732. The first kappa shape index (κ1) is 16.5. The van der Waals surface area contributed by atoms with Crippen molar-refractivity contribution in [1.82, 2.24) is 5.32 Å². The van der Waals surface area contributed by atoms with Crippen LogP contribution in [0.1, 0.15) is 29.2 Å². The molecule has 1 nitrogen and oxygen atoms in total. The second-order valence-electron chi connectivity index (χ2n) is 4.75. The molecule has 1 unspecified atom stereocenters. The van der Waals surface area contributed by atoms with Gasteiger partial charge in [0.15, 0.2) is 0 Å². The summed E-state index contributed by atoms with van der Waals surface area (Å²) in [5, 5.41) is 7.17. The third-order valence-corrected chi connectivity index (χ3v) is 4.77. The van der Waals surface area contributed by atoms with Crippen LogP contribution in [0.15, 0.2) is 39.5 Å². The number of hydrogen-bond donors (Lipinski definition) is 1. The Morgan fingerprint density at radius 3 is 2.62 bits per heavy atom. The SMILES string of the molecule is CNC(CCc1ccsc1)c1ccc(Br)c(C(F)(F)F)c1. The zero-order chi connectivity index (χ0) is 15.5. The van der Waals surface area contributed by atoms with Crippen LogP contribution in [0.25, 0.3) is 0 Å². The number of rotatable bonds is 5. The lowest BCUT2D eigenvalue weighted by Crippen LogP contribution is -2.18. The van der Waals surface area contributed by atoms with Crippen molar-refractivity contribution in [1.29, 1.82) is 0 Å². The van der Waals surface area contributed by atoms with E-state index in [0.717, 1.165) is 12.8 Å². The molecule has 2 rings (SSSR count). The molecule has 0 aliphatic carbocycles. The number of hydrogen-bond acceptors (Lipinski definition) is 2. The summed E-state index contributed by atoms with van der Waals surface area (Å²) in [5.74, 6) is 0. The molecule has 1 aromatic heterocycles. The van der Waals surface area contributed by atoms with Crippen molar-refractivity contribution in [3.63, 3.8) is 0 Å². The summed E-state index contributed by atoms with van der Waals surface area (Å²) >= 11 is 4.60. The number of thiophene rings is 1. The molecule has 0 saturated heterocycles. The molecule has 2 aromatic rings. The average Bonchev–Trinajstić information content (AvgIpc) is 2.93. The lowest BCUT2D eigenvalue weighted by atomic mass is 9.98. The summed E-state index contributed by atoms with van der Waals surface area (Å²) in [5.41, 5.74) is 1.24. The lowest BCUT2D eigenvalue weighted by Gasteiger charge is -2.19. The van der Waals surface area contributed by atoms with Crippen LogP contribution in [0.5, 0.6) is 0 Å². The largest absolute Gasteiger partial charge is 0.417 e. The maximum absolute atomic E-state index is 13.0. The Labute approximate surface area is 134 Å². The zero-order valence-corrected chi connectivity index (χ0v) is 13.8. The van der Waals surface area contributed by atoms with Crippen LogP contribution >= 0.6 is 27.3 Å². The summed E-state index contributed by atoms with van der Waals surface area (Å²) in [6.45, 7) is 0. The van der Waals surface area contributed by atoms with E-state index in [-0.39, 0.29) is 10.5 Å². The van der Waals surface area contributed by atoms with Gasteiger partial charge in [-0.3, -0.25) is 0 Å². The molecule has 1 aromatic carbocycles. The van der Waals surface area contributed by atoms with Crippen molar-refractivity contribution in [3.8, 4) is 0 Å². The van der Waals surface area contributed by atoms with E-state index in [0.29, 0.717) is 5.56 Å². The second kappa shape index (κ2) is 6.94. The van der Waals surface area contributed by atoms with Crippen LogP contribution in [0, 0.1) is 0 Å². The average molecular weight is 378 g/mol. The van der Waals surface area contributed by atoms with E-state index in [1.807, 2.05) is 11.4 Å². The number of aryl methyl sites for hydroxylation is 1. The van der Waals surface area contributed by atoms with Crippen molar-refractivity contribution in [2.45, 2.75) is 25.1 Å². The molecule has 0 aliphatic heterocycles. The minimum absolute atomic E-state index is 0.0754. The first-order valence-electron chi connectivity index (χ1n) is 6.47. The van der Waals surface area contributed by atoms with Crippen LogP contribution < -0.4 is 5.32 Å². The highest BCUT2D eigenvalue weighted by Gasteiger charge is 2.33. The number of nitrogens with one attached hydrogen (secondary N) is 1. The zero-order valence-electron chi connectivity index (χ0n) is 11.4. The summed E-state index contributed by atoms with van der Waals surface area (Å²) in [7, 11) is 1.77. The highest BCUT2D eigenvalue weighted by Crippen LogP contribution is 2.36. The topological polar surface area (TPSA) is 12.0 Å². The first-order valence-corrected chi connectivity index (χ1v) is 8.20. The standard InChI is InChI=1S/C15H15BrF3NS/c1-20-14(5-2-10-6-7-21-9-10)11-3-4-13(16)12(8-11)15(17,18)19/h3-4,6-9,14,20H,2,5H2,1H3. The van der Waals surface area contributed by atoms with Gasteiger partial charge in [-0.05, 0) is 60.0 Å². The normalized spacial score (nSPS) is 13.4. The van der Waals surface area contributed by atoms with Gasteiger partial charge in [0.25, 0.3) is 0 Å². The molecule has 0 saturated carbocycles. The molecule has 0 radical (unpaired) electrons. The van der Waals surface area contributed by atoms with Crippen LogP contribution in [0.2, 0.25) is 0 Å². The van der Waals surface area contributed by atoms with Crippen molar-refractivity contribution in [2.24, 2.45) is 0 Å². The second-order valence-corrected chi connectivity index (χ2v) is 6.38. The van der Waals surface area contributed by atoms with Gasteiger partial charge >= 0.3 is 6.18 Å². The van der Waals surface area contributed by atoms with Crippen molar-refractivity contribution < 1.29 is 13.2 Å². The van der Waals surface area contributed by atoms with Gasteiger partial charge in [-0.15, -0.1) is 0 Å². The van der Waals surface area contributed by atoms with E-state index in [9.17, 15) is 13.2 Å². The van der Waals surface area contributed by atoms with Gasteiger partial charge < -0.3 is 5.32 Å². The first-order chi connectivity index (χ1) is 9.91. The molecule has 1 atom stereocenters. The van der Waals surface area contributed by atoms with Gasteiger partial charge in [-0.2, -0.15) is 24.5 Å². The monoisotopic (exact) mass is 377 g/mol. The smallest absolute Gasteiger partial charge is 0.313 e. The maximum Gasteiger partial charge on any atom is 0.417 e. The number of alkyl halides is 3. The number of halogens is 4. The Kier molecular flexibility index (Phi) is 5.46. The molecule has 1 N–H and O–H groups in total. The third-order valence-electron chi connectivity index (χ3n) is 3.35. The third kappa shape index (κ3) is 4.31. The van der Waals surface area contributed by atoms with Crippen LogP contribution in [-0.4, -0.2) is 7.05 Å². The number of benzene rings is 1. The summed E-state index contributed by atoms with van der Waals surface area (Å²) in [6.07, 6.45) is -2.75. The molecule has 114 valence electrons. The van der Waals surface area contributed by atoms with E-state index in [1.165, 1.54) is 17.7 Å².